The summed E-state index contributed by atoms with van der Waals surface area (Å²) in [6, 6.07) is 7.16. The SMILES string of the molecule is CCCCCOc1ccc2c(sc3c(F)c(CC)ccc32)c1F. The number of rotatable bonds is 6. The average molecular weight is 334 g/mol. The summed E-state index contributed by atoms with van der Waals surface area (Å²) in [6.07, 6.45) is 3.71. The van der Waals surface area contributed by atoms with Gasteiger partial charge in [-0.2, -0.15) is 0 Å². The molecule has 4 heteroatoms. The Labute approximate surface area is 138 Å². The van der Waals surface area contributed by atoms with Crippen molar-refractivity contribution in [2.24, 2.45) is 0 Å². The van der Waals surface area contributed by atoms with E-state index in [-0.39, 0.29) is 17.4 Å². The van der Waals surface area contributed by atoms with Gasteiger partial charge < -0.3 is 4.74 Å². The molecule has 2 aromatic carbocycles. The minimum Gasteiger partial charge on any atom is -0.490 e. The minimum absolute atomic E-state index is 0.226. The first-order valence-corrected chi connectivity index (χ1v) is 8.93. The molecule has 1 aromatic heterocycles. The number of hydrogen-bond acceptors (Lipinski definition) is 2. The van der Waals surface area contributed by atoms with E-state index in [1.54, 1.807) is 12.1 Å². The van der Waals surface area contributed by atoms with Crippen LogP contribution in [0, 0.1) is 11.6 Å². The lowest BCUT2D eigenvalue weighted by atomic mass is 10.1. The quantitative estimate of drug-likeness (QED) is 0.470. The van der Waals surface area contributed by atoms with Gasteiger partial charge in [0.25, 0.3) is 0 Å². The Morgan fingerprint density at radius 3 is 2.30 bits per heavy atom. The predicted octanol–water partition coefficient (Wildman–Crippen LogP) is 6.46. The third-order valence-electron chi connectivity index (χ3n) is 4.12. The lowest BCUT2D eigenvalue weighted by Crippen LogP contribution is -1.98. The van der Waals surface area contributed by atoms with Crippen LogP contribution in [0.4, 0.5) is 8.78 Å². The highest BCUT2D eigenvalue weighted by Crippen LogP contribution is 2.40. The summed E-state index contributed by atoms with van der Waals surface area (Å²) < 4.78 is 35.7. The van der Waals surface area contributed by atoms with Crippen LogP contribution in [0.5, 0.6) is 5.75 Å². The molecule has 0 unspecified atom stereocenters. The highest BCUT2D eigenvalue weighted by molar-refractivity contribution is 7.25. The highest BCUT2D eigenvalue weighted by atomic mass is 32.1. The maximum atomic E-state index is 14.7. The molecule has 0 spiro atoms. The molecule has 0 aliphatic rings. The van der Waals surface area contributed by atoms with Gasteiger partial charge in [0.15, 0.2) is 11.6 Å². The van der Waals surface area contributed by atoms with Gasteiger partial charge in [0.2, 0.25) is 0 Å². The predicted molar refractivity (Wildman–Crippen MR) is 93.6 cm³/mol. The first-order valence-electron chi connectivity index (χ1n) is 8.12. The van der Waals surface area contributed by atoms with Crippen LogP contribution >= 0.6 is 11.3 Å². The summed E-state index contributed by atoms with van der Waals surface area (Å²) in [7, 11) is 0. The van der Waals surface area contributed by atoms with Crippen molar-refractivity contribution in [2.45, 2.75) is 39.5 Å². The van der Waals surface area contributed by atoms with Gasteiger partial charge >= 0.3 is 0 Å². The number of fused-ring (bicyclic) bond motifs is 3. The largest absolute Gasteiger partial charge is 0.490 e. The van der Waals surface area contributed by atoms with Crippen LogP contribution in [0.15, 0.2) is 24.3 Å². The lowest BCUT2D eigenvalue weighted by molar-refractivity contribution is 0.293. The number of thiophene rings is 1. The van der Waals surface area contributed by atoms with Crippen molar-refractivity contribution in [3.8, 4) is 5.75 Å². The average Bonchev–Trinajstić information content (AvgIpc) is 2.94. The van der Waals surface area contributed by atoms with Gasteiger partial charge in [0, 0.05) is 10.8 Å². The number of aryl methyl sites for hydroxylation is 1. The van der Waals surface area contributed by atoms with E-state index in [4.69, 9.17) is 4.74 Å². The molecule has 0 bridgehead atoms. The van der Waals surface area contributed by atoms with E-state index in [9.17, 15) is 8.78 Å². The molecule has 3 aromatic rings. The summed E-state index contributed by atoms with van der Waals surface area (Å²) >= 11 is 1.17. The fraction of sp³-hybridized carbons (Fsp3) is 0.368. The maximum absolute atomic E-state index is 14.7. The van der Waals surface area contributed by atoms with Gasteiger partial charge in [-0.25, -0.2) is 8.78 Å². The molecular weight excluding hydrogens is 314 g/mol. The van der Waals surface area contributed by atoms with Gasteiger partial charge in [-0.3, -0.25) is 0 Å². The van der Waals surface area contributed by atoms with Crippen LogP contribution < -0.4 is 4.74 Å². The van der Waals surface area contributed by atoms with Crippen molar-refractivity contribution in [3.05, 3.63) is 41.5 Å². The van der Waals surface area contributed by atoms with Crippen LogP contribution in [0.3, 0.4) is 0 Å². The zero-order valence-electron chi connectivity index (χ0n) is 13.4. The van der Waals surface area contributed by atoms with E-state index in [1.807, 2.05) is 19.1 Å². The second-order valence-corrected chi connectivity index (χ2v) is 6.70. The molecule has 0 fully saturated rings. The van der Waals surface area contributed by atoms with Crippen molar-refractivity contribution in [2.75, 3.05) is 6.61 Å². The molecule has 0 aliphatic heterocycles. The van der Waals surface area contributed by atoms with Gasteiger partial charge in [-0.05, 0) is 30.5 Å². The van der Waals surface area contributed by atoms with Crippen molar-refractivity contribution >= 4 is 31.5 Å². The third kappa shape index (κ3) is 2.92. The number of halogens is 2. The summed E-state index contributed by atoms with van der Waals surface area (Å²) in [6.45, 7) is 4.54. The molecule has 0 N–H and O–H groups in total. The summed E-state index contributed by atoms with van der Waals surface area (Å²) in [4.78, 5) is 0. The van der Waals surface area contributed by atoms with Crippen molar-refractivity contribution < 1.29 is 13.5 Å². The zero-order valence-corrected chi connectivity index (χ0v) is 14.2. The topological polar surface area (TPSA) is 9.23 Å². The fourth-order valence-electron chi connectivity index (χ4n) is 2.78. The van der Waals surface area contributed by atoms with Gasteiger partial charge in [0.1, 0.15) is 5.82 Å². The minimum atomic E-state index is -0.377. The lowest BCUT2D eigenvalue weighted by Gasteiger charge is -2.07. The molecule has 1 nitrogen and oxygen atoms in total. The highest BCUT2D eigenvalue weighted by Gasteiger charge is 2.17. The van der Waals surface area contributed by atoms with Gasteiger partial charge in [-0.15, -0.1) is 11.3 Å². The normalized spacial score (nSPS) is 11.5. The number of benzene rings is 2. The molecule has 0 atom stereocenters. The monoisotopic (exact) mass is 334 g/mol. The Hall–Kier alpha value is -1.68. The van der Waals surface area contributed by atoms with E-state index < -0.39 is 0 Å². The van der Waals surface area contributed by atoms with Gasteiger partial charge in [0.05, 0.1) is 16.0 Å². The van der Waals surface area contributed by atoms with Crippen molar-refractivity contribution in [3.63, 3.8) is 0 Å². The van der Waals surface area contributed by atoms with Crippen LogP contribution in [-0.2, 0) is 6.42 Å². The summed E-state index contributed by atoms with van der Waals surface area (Å²) in [5.74, 6) is -0.343. The molecular formula is C19H20F2OS. The molecule has 0 saturated heterocycles. The van der Waals surface area contributed by atoms with Crippen LogP contribution in [0.2, 0.25) is 0 Å². The molecule has 23 heavy (non-hydrogen) atoms. The third-order valence-corrected chi connectivity index (χ3v) is 5.33. The number of unbranched alkanes of at least 4 members (excludes halogenated alkanes) is 2. The Kier molecular flexibility index (Phi) is 4.81. The van der Waals surface area contributed by atoms with Crippen LogP contribution in [0.25, 0.3) is 20.2 Å². The van der Waals surface area contributed by atoms with E-state index in [1.165, 1.54) is 11.3 Å². The van der Waals surface area contributed by atoms with Crippen molar-refractivity contribution in [1.29, 1.82) is 0 Å². The molecule has 0 saturated carbocycles. The second kappa shape index (κ2) is 6.83. The Balaban J connectivity index is 2.03. The standard InChI is InChI=1S/C19H20F2OS/c1-3-5-6-11-22-15-10-9-14-13-8-7-12(4-2)16(20)18(13)23-19(14)17(15)21/h7-10H,3-6,11H2,1-2H3. The van der Waals surface area contributed by atoms with Crippen molar-refractivity contribution in [1.82, 2.24) is 0 Å². The van der Waals surface area contributed by atoms with E-state index >= 15 is 0 Å². The fourth-order valence-corrected chi connectivity index (χ4v) is 3.97. The number of ether oxygens (including phenoxy) is 1. The molecule has 1 heterocycles. The van der Waals surface area contributed by atoms with Gasteiger partial charge in [-0.1, -0.05) is 38.8 Å². The molecule has 0 radical (unpaired) electrons. The molecule has 122 valence electrons. The smallest absolute Gasteiger partial charge is 0.182 e. The first kappa shape index (κ1) is 16.2. The van der Waals surface area contributed by atoms with Crippen LogP contribution in [-0.4, -0.2) is 6.61 Å². The number of hydrogen-bond donors (Lipinski definition) is 0. The Morgan fingerprint density at radius 1 is 0.913 bits per heavy atom. The molecule has 0 amide bonds. The molecule has 0 aliphatic carbocycles. The first-order chi connectivity index (χ1) is 11.2. The van der Waals surface area contributed by atoms with E-state index in [2.05, 4.69) is 6.92 Å². The van der Waals surface area contributed by atoms with E-state index in [0.29, 0.717) is 28.0 Å². The zero-order chi connectivity index (χ0) is 16.4. The second-order valence-electron chi connectivity index (χ2n) is 5.68. The Morgan fingerprint density at radius 2 is 1.61 bits per heavy atom. The summed E-state index contributed by atoms with van der Waals surface area (Å²) in [5, 5.41) is 1.53. The Bertz CT molecular complexity index is 838. The van der Waals surface area contributed by atoms with Crippen LogP contribution in [0.1, 0.15) is 38.7 Å². The summed E-state index contributed by atoms with van der Waals surface area (Å²) in [5.41, 5.74) is 0.667. The molecule has 3 rings (SSSR count). The maximum Gasteiger partial charge on any atom is 0.182 e. The van der Waals surface area contributed by atoms with E-state index in [0.717, 1.165) is 30.0 Å².